The van der Waals surface area contributed by atoms with E-state index in [1.165, 1.54) is 25.5 Å². The maximum Gasteiger partial charge on any atom is 0.342 e. The molecule has 3 rings (SSSR count). The van der Waals surface area contributed by atoms with Gasteiger partial charge < -0.3 is 19.5 Å². The van der Waals surface area contributed by atoms with Crippen LogP contribution in [-0.4, -0.2) is 53.5 Å². The number of carboxylic acids is 1. The zero-order valence-corrected chi connectivity index (χ0v) is 13.9. The number of hydrogen-bond acceptors (Lipinski definition) is 6. The molecule has 0 unspecified atom stereocenters. The molecule has 2 heterocycles. The SMILES string of the molecule is O=C(O)c1cnc(N2CCOCC2)nc1OC1CCCCCCC1. The van der Waals surface area contributed by atoms with Gasteiger partial charge in [-0.25, -0.2) is 9.78 Å². The van der Waals surface area contributed by atoms with Crippen LogP contribution in [-0.2, 0) is 4.74 Å². The first-order chi connectivity index (χ1) is 11.7. The average molecular weight is 335 g/mol. The number of hydrogen-bond donors (Lipinski definition) is 1. The summed E-state index contributed by atoms with van der Waals surface area (Å²) < 4.78 is 11.4. The van der Waals surface area contributed by atoms with Gasteiger partial charge in [0.25, 0.3) is 0 Å². The number of anilines is 1. The van der Waals surface area contributed by atoms with E-state index < -0.39 is 5.97 Å². The number of nitrogens with zero attached hydrogens (tertiary/aromatic N) is 3. The first-order valence-corrected chi connectivity index (χ1v) is 8.84. The van der Waals surface area contributed by atoms with Crippen LogP contribution in [0.5, 0.6) is 5.88 Å². The van der Waals surface area contributed by atoms with Crippen molar-refractivity contribution < 1.29 is 19.4 Å². The van der Waals surface area contributed by atoms with Gasteiger partial charge in [0.15, 0.2) is 0 Å². The Labute approximate surface area is 142 Å². The van der Waals surface area contributed by atoms with Crippen molar-refractivity contribution in [1.29, 1.82) is 0 Å². The number of ether oxygens (including phenoxy) is 2. The molecule has 0 aromatic carbocycles. The predicted octanol–water partition coefficient (Wildman–Crippen LogP) is 2.50. The first kappa shape index (κ1) is 17.0. The lowest BCUT2D eigenvalue weighted by Gasteiger charge is -2.27. The van der Waals surface area contributed by atoms with Gasteiger partial charge in [-0.2, -0.15) is 4.98 Å². The van der Waals surface area contributed by atoms with Gasteiger partial charge in [-0.1, -0.05) is 19.3 Å². The second kappa shape index (κ2) is 8.28. The van der Waals surface area contributed by atoms with Crippen molar-refractivity contribution in [3.8, 4) is 5.88 Å². The molecule has 0 atom stereocenters. The molecule has 2 aliphatic rings. The van der Waals surface area contributed by atoms with Crippen LogP contribution in [0.25, 0.3) is 0 Å². The predicted molar refractivity (Wildman–Crippen MR) is 88.8 cm³/mol. The zero-order valence-electron chi connectivity index (χ0n) is 13.9. The molecule has 1 aliphatic carbocycles. The summed E-state index contributed by atoms with van der Waals surface area (Å²) in [7, 11) is 0. The van der Waals surface area contributed by atoms with Crippen LogP contribution in [0.2, 0.25) is 0 Å². The van der Waals surface area contributed by atoms with Gasteiger partial charge in [0.1, 0.15) is 11.7 Å². The van der Waals surface area contributed by atoms with Crippen molar-refractivity contribution in [3.63, 3.8) is 0 Å². The van der Waals surface area contributed by atoms with Gasteiger partial charge in [-0.3, -0.25) is 0 Å². The molecule has 0 radical (unpaired) electrons. The van der Waals surface area contributed by atoms with Crippen LogP contribution in [0.3, 0.4) is 0 Å². The third-order valence-corrected chi connectivity index (χ3v) is 4.60. The van der Waals surface area contributed by atoms with Gasteiger partial charge in [-0.05, 0) is 25.7 Å². The molecule has 7 heteroatoms. The number of aromatic nitrogens is 2. The minimum absolute atomic E-state index is 0.0362. The molecule has 7 nitrogen and oxygen atoms in total. The summed E-state index contributed by atoms with van der Waals surface area (Å²) >= 11 is 0. The van der Waals surface area contributed by atoms with Crippen LogP contribution in [0, 0.1) is 0 Å². The number of carboxylic acid groups (broad SMARTS) is 1. The van der Waals surface area contributed by atoms with Crippen molar-refractivity contribution in [3.05, 3.63) is 11.8 Å². The fourth-order valence-electron chi connectivity index (χ4n) is 3.20. The van der Waals surface area contributed by atoms with Crippen molar-refractivity contribution in [2.45, 2.75) is 51.0 Å². The topological polar surface area (TPSA) is 84.8 Å². The number of morpholine rings is 1. The molecule has 2 fully saturated rings. The van der Waals surface area contributed by atoms with Crippen LogP contribution in [0.15, 0.2) is 6.20 Å². The largest absolute Gasteiger partial charge is 0.477 e. The summed E-state index contributed by atoms with van der Waals surface area (Å²) in [5.74, 6) is -0.335. The quantitative estimate of drug-likeness (QED) is 0.905. The number of carbonyl (C=O) groups is 1. The average Bonchev–Trinajstić information content (AvgIpc) is 2.57. The Morgan fingerprint density at radius 1 is 1.17 bits per heavy atom. The van der Waals surface area contributed by atoms with Gasteiger partial charge >= 0.3 is 5.97 Å². The molecule has 1 saturated heterocycles. The van der Waals surface area contributed by atoms with Gasteiger partial charge in [0.2, 0.25) is 11.8 Å². The Hall–Kier alpha value is -1.89. The van der Waals surface area contributed by atoms with Gasteiger partial charge in [0.05, 0.1) is 19.4 Å². The van der Waals surface area contributed by atoms with E-state index in [0.29, 0.717) is 32.3 Å². The molecule has 1 aromatic heterocycles. The standard InChI is InChI=1S/C17H25N3O4/c21-16(22)14-12-18-17(20-8-10-23-11-9-20)19-15(14)24-13-6-4-2-1-3-5-7-13/h12-13H,1-11H2,(H,21,22). The number of rotatable bonds is 4. The molecule has 1 aromatic rings. The lowest BCUT2D eigenvalue weighted by Crippen LogP contribution is -2.37. The third-order valence-electron chi connectivity index (χ3n) is 4.60. The van der Waals surface area contributed by atoms with Crippen molar-refractivity contribution in [2.75, 3.05) is 31.2 Å². The van der Waals surface area contributed by atoms with Crippen LogP contribution >= 0.6 is 0 Å². The third kappa shape index (κ3) is 4.35. The highest BCUT2D eigenvalue weighted by molar-refractivity contribution is 5.89. The molecular weight excluding hydrogens is 310 g/mol. The fourth-order valence-corrected chi connectivity index (χ4v) is 3.20. The van der Waals surface area contributed by atoms with Crippen molar-refractivity contribution in [2.24, 2.45) is 0 Å². The van der Waals surface area contributed by atoms with Gasteiger partial charge in [0, 0.05) is 13.1 Å². The summed E-state index contributed by atoms with van der Waals surface area (Å²) in [6.07, 6.45) is 9.26. The van der Waals surface area contributed by atoms with Crippen molar-refractivity contribution in [1.82, 2.24) is 9.97 Å². The molecule has 0 bridgehead atoms. The fraction of sp³-hybridized carbons (Fsp3) is 0.706. The molecule has 0 spiro atoms. The molecule has 1 saturated carbocycles. The minimum Gasteiger partial charge on any atom is -0.477 e. The summed E-state index contributed by atoms with van der Waals surface area (Å²) in [5, 5.41) is 9.40. The Balaban J connectivity index is 1.78. The van der Waals surface area contributed by atoms with E-state index in [2.05, 4.69) is 9.97 Å². The summed E-state index contributed by atoms with van der Waals surface area (Å²) in [6.45, 7) is 2.66. The Kier molecular flexibility index (Phi) is 5.85. The lowest BCUT2D eigenvalue weighted by molar-refractivity contribution is 0.0684. The Morgan fingerprint density at radius 2 is 1.83 bits per heavy atom. The molecule has 0 amide bonds. The first-order valence-electron chi connectivity index (χ1n) is 8.84. The van der Waals surface area contributed by atoms with E-state index in [-0.39, 0.29) is 17.5 Å². The summed E-state index contributed by atoms with van der Waals surface area (Å²) in [4.78, 5) is 22.1. The second-order valence-electron chi connectivity index (χ2n) is 6.38. The van der Waals surface area contributed by atoms with E-state index in [1.807, 2.05) is 4.90 Å². The highest BCUT2D eigenvalue weighted by Crippen LogP contribution is 2.25. The van der Waals surface area contributed by atoms with E-state index >= 15 is 0 Å². The maximum atomic E-state index is 11.5. The zero-order chi connectivity index (χ0) is 16.8. The maximum absolute atomic E-state index is 11.5. The molecule has 24 heavy (non-hydrogen) atoms. The normalized spacial score (nSPS) is 20.2. The van der Waals surface area contributed by atoms with Crippen LogP contribution in [0.1, 0.15) is 55.3 Å². The van der Waals surface area contributed by atoms with Crippen LogP contribution in [0.4, 0.5) is 5.95 Å². The summed E-state index contributed by atoms with van der Waals surface area (Å²) in [6, 6.07) is 0. The van der Waals surface area contributed by atoms with E-state index in [1.54, 1.807) is 0 Å². The summed E-state index contributed by atoms with van der Waals surface area (Å²) in [5.41, 5.74) is 0.0362. The smallest absolute Gasteiger partial charge is 0.342 e. The molecular formula is C17H25N3O4. The number of aromatic carboxylic acids is 1. The van der Waals surface area contributed by atoms with E-state index in [4.69, 9.17) is 9.47 Å². The van der Waals surface area contributed by atoms with Crippen LogP contribution < -0.4 is 9.64 Å². The van der Waals surface area contributed by atoms with Gasteiger partial charge in [-0.15, -0.1) is 0 Å². The second-order valence-corrected chi connectivity index (χ2v) is 6.38. The Bertz CT molecular complexity index is 553. The Morgan fingerprint density at radius 3 is 2.50 bits per heavy atom. The van der Waals surface area contributed by atoms with E-state index in [9.17, 15) is 9.90 Å². The molecule has 132 valence electrons. The minimum atomic E-state index is -1.05. The monoisotopic (exact) mass is 335 g/mol. The molecule has 1 N–H and O–H groups in total. The highest BCUT2D eigenvalue weighted by atomic mass is 16.5. The molecule has 1 aliphatic heterocycles. The lowest BCUT2D eigenvalue weighted by atomic mass is 9.98. The van der Waals surface area contributed by atoms with Crippen molar-refractivity contribution >= 4 is 11.9 Å². The van der Waals surface area contributed by atoms with E-state index in [0.717, 1.165) is 25.7 Å². The highest BCUT2D eigenvalue weighted by Gasteiger charge is 2.22.